The lowest BCUT2D eigenvalue weighted by Crippen LogP contribution is -2.41. The van der Waals surface area contributed by atoms with Gasteiger partial charge in [0, 0.05) is 0 Å². The van der Waals surface area contributed by atoms with E-state index in [0.29, 0.717) is 15.5 Å². The second-order valence-electron chi connectivity index (χ2n) is 9.41. The fourth-order valence-corrected chi connectivity index (χ4v) is 6.10. The van der Waals surface area contributed by atoms with Crippen molar-refractivity contribution in [3.63, 3.8) is 0 Å². The number of aromatic nitrogens is 1. The maximum Gasteiger partial charge on any atom is 0.313 e. The molecule has 0 aliphatic carbocycles. The molecule has 2 N–H and O–H groups in total. The quantitative estimate of drug-likeness (QED) is 0.343. The maximum absolute atomic E-state index is 13.1. The Hall–Kier alpha value is -5.43. The van der Waals surface area contributed by atoms with Gasteiger partial charge in [0.2, 0.25) is 0 Å². The number of rotatable bonds is 4. The molecule has 0 unspecified atom stereocenters. The summed E-state index contributed by atoms with van der Waals surface area (Å²) in [6.45, 7) is 0. The normalized spacial score (nSPS) is 14.9. The van der Waals surface area contributed by atoms with Crippen LogP contribution >= 0.6 is 11.3 Å². The average Bonchev–Trinajstić information content (AvgIpc) is 3.34. The predicted molar refractivity (Wildman–Crippen MR) is 160 cm³/mol. The van der Waals surface area contributed by atoms with Crippen LogP contribution in [0.1, 0.15) is 17.0 Å². The Labute approximate surface area is 234 Å². The zero-order chi connectivity index (χ0) is 27.6. The fraction of sp³-hybridized carbons (Fsp3) is 0.0294. The molecule has 1 aliphatic heterocycles. The molecule has 0 saturated carbocycles. The molecule has 40 heavy (non-hydrogen) atoms. The van der Waals surface area contributed by atoms with Crippen molar-refractivity contribution < 1.29 is 0 Å². The van der Waals surface area contributed by atoms with Gasteiger partial charge in [-0.1, -0.05) is 121 Å². The lowest BCUT2D eigenvalue weighted by Gasteiger charge is -2.23. The summed E-state index contributed by atoms with van der Waals surface area (Å²) >= 11 is 1.01. The summed E-state index contributed by atoms with van der Waals surface area (Å²) in [5.41, 5.74) is 12.9. The number of allylic oxidation sites excluding steroid dienone is 1. The Kier molecular flexibility index (Phi) is 6.46. The molecule has 1 aliphatic rings. The predicted octanol–water partition coefficient (Wildman–Crippen LogP) is 5.20. The highest BCUT2D eigenvalue weighted by Gasteiger charge is 2.32. The van der Waals surface area contributed by atoms with Gasteiger partial charge in [-0.05, 0) is 39.5 Å². The minimum Gasteiger partial charge on any atom is -0.384 e. The highest BCUT2D eigenvalue weighted by Crippen LogP contribution is 2.36. The molecular formula is C34H22N4OS. The number of fused-ring (bicyclic) bond motifs is 1. The van der Waals surface area contributed by atoms with Crippen LogP contribution in [0.3, 0.4) is 0 Å². The van der Waals surface area contributed by atoms with Crippen LogP contribution in [0.5, 0.6) is 0 Å². The van der Waals surface area contributed by atoms with Gasteiger partial charge in [-0.15, -0.1) is 0 Å². The molecule has 4 aromatic carbocycles. The second kappa shape index (κ2) is 10.4. The zero-order valence-corrected chi connectivity index (χ0v) is 22.1. The van der Waals surface area contributed by atoms with E-state index in [-0.39, 0.29) is 16.3 Å². The lowest BCUT2D eigenvalue weighted by atomic mass is 9.83. The molecule has 1 atom stereocenters. The van der Waals surface area contributed by atoms with Crippen LogP contribution in [0.2, 0.25) is 0 Å². The minimum atomic E-state index is -0.679. The molecule has 0 saturated heterocycles. The highest BCUT2D eigenvalue weighted by molar-refractivity contribution is 7.07. The van der Waals surface area contributed by atoms with E-state index in [1.54, 1.807) is 0 Å². The first-order valence-corrected chi connectivity index (χ1v) is 13.5. The largest absolute Gasteiger partial charge is 0.384 e. The Morgan fingerprint density at radius 2 is 1.20 bits per heavy atom. The maximum atomic E-state index is 13.1. The van der Waals surface area contributed by atoms with Crippen molar-refractivity contribution in [3.05, 3.63) is 145 Å². The van der Waals surface area contributed by atoms with Crippen molar-refractivity contribution in [1.82, 2.24) is 4.57 Å². The zero-order valence-electron chi connectivity index (χ0n) is 21.3. The summed E-state index contributed by atoms with van der Waals surface area (Å²) < 4.78 is 1.93. The molecule has 2 heterocycles. The van der Waals surface area contributed by atoms with Gasteiger partial charge < -0.3 is 5.73 Å². The third-order valence-corrected chi connectivity index (χ3v) is 7.98. The van der Waals surface area contributed by atoms with Gasteiger partial charge in [-0.3, -0.25) is 9.36 Å². The smallest absolute Gasteiger partial charge is 0.313 e. The molecule has 6 rings (SSSR count). The molecule has 1 aromatic heterocycles. The van der Waals surface area contributed by atoms with E-state index in [9.17, 15) is 15.3 Å². The van der Waals surface area contributed by atoms with Gasteiger partial charge >= 0.3 is 4.87 Å². The molecular weight excluding hydrogens is 512 g/mol. The van der Waals surface area contributed by atoms with Crippen molar-refractivity contribution in [2.75, 3.05) is 0 Å². The summed E-state index contributed by atoms with van der Waals surface area (Å²) in [7, 11) is 0. The molecule has 190 valence electrons. The molecule has 0 radical (unpaired) electrons. The fourth-order valence-electron chi connectivity index (χ4n) is 5.13. The highest BCUT2D eigenvalue weighted by atomic mass is 32.1. The van der Waals surface area contributed by atoms with Crippen LogP contribution in [0.25, 0.3) is 39.7 Å². The van der Waals surface area contributed by atoms with E-state index >= 15 is 0 Å². The number of nitrogens with zero attached hydrogens (tertiary/aromatic N) is 3. The van der Waals surface area contributed by atoms with Crippen LogP contribution in [0, 0.1) is 22.7 Å². The van der Waals surface area contributed by atoms with E-state index in [4.69, 9.17) is 5.73 Å². The Morgan fingerprint density at radius 3 is 1.73 bits per heavy atom. The Morgan fingerprint density at radius 1 is 0.700 bits per heavy atom. The Balaban J connectivity index is 1.50. The van der Waals surface area contributed by atoms with Crippen molar-refractivity contribution in [2.45, 2.75) is 5.92 Å². The third kappa shape index (κ3) is 4.33. The second-order valence-corrected chi connectivity index (χ2v) is 10.4. The van der Waals surface area contributed by atoms with Crippen molar-refractivity contribution >= 4 is 28.8 Å². The van der Waals surface area contributed by atoms with E-state index in [1.165, 1.54) is 4.57 Å². The van der Waals surface area contributed by atoms with Gasteiger partial charge in [0.1, 0.15) is 5.82 Å². The van der Waals surface area contributed by atoms with Crippen LogP contribution in [-0.2, 0) is 0 Å². The van der Waals surface area contributed by atoms with Gasteiger partial charge in [0.05, 0.1) is 39.1 Å². The standard InChI is InChI=1S/C34H22N4OS/c35-20-28-31(27-17-15-26(16-18-27)24-9-5-2-6-10-24)29(21-36)33(37)38-32(28)30(40-34(38)39)19-22-11-13-25(14-12-22)23-7-3-1-4-8-23/h1-19,31H,37H2/b30-19-/t31-/m1/s1. The number of nitriles is 2. The lowest BCUT2D eigenvalue weighted by molar-refractivity contribution is 0.901. The first-order valence-electron chi connectivity index (χ1n) is 12.7. The van der Waals surface area contributed by atoms with Crippen LogP contribution in [0.4, 0.5) is 0 Å². The topological polar surface area (TPSA) is 95.6 Å². The molecule has 5 nitrogen and oxygen atoms in total. The van der Waals surface area contributed by atoms with Gasteiger partial charge in [0.25, 0.3) is 0 Å². The van der Waals surface area contributed by atoms with Gasteiger partial charge in [-0.25, -0.2) is 0 Å². The van der Waals surface area contributed by atoms with Crippen molar-refractivity contribution in [2.24, 2.45) is 5.73 Å². The monoisotopic (exact) mass is 534 g/mol. The van der Waals surface area contributed by atoms with Gasteiger partial charge in [0.15, 0.2) is 0 Å². The minimum absolute atomic E-state index is 0.0639. The van der Waals surface area contributed by atoms with Crippen molar-refractivity contribution in [3.8, 4) is 34.4 Å². The average molecular weight is 535 g/mol. The van der Waals surface area contributed by atoms with Gasteiger partial charge in [-0.2, -0.15) is 10.5 Å². The van der Waals surface area contributed by atoms with E-state index in [1.807, 2.05) is 103 Å². The van der Waals surface area contributed by atoms with Crippen LogP contribution in [0.15, 0.2) is 120 Å². The summed E-state index contributed by atoms with van der Waals surface area (Å²) in [5, 5.41) is 20.9. The van der Waals surface area contributed by atoms with E-state index in [2.05, 4.69) is 24.3 Å². The molecule has 0 amide bonds. The summed E-state index contributed by atoms with van der Waals surface area (Å²) in [4.78, 5) is 12.8. The number of hydrogen-bond donors (Lipinski definition) is 1. The molecule has 0 spiro atoms. The third-order valence-electron chi connectivity index (χ3n) is 7.09. The SMILES string of the molecule is N#CC1=C(N)n2c(=O)s/c(=C\c3ccc(-c4ccccc4)cc3)c2=C(C#N)[C@H]1c1ccc(-c2ccccc2)cc1. The first-order chi connectivity index (χ1) is 19.6. The summed E-state index contributed by atoms with van der Waals surface area (Å²) in [6.07, 6.45) is 1.89. The van der Waals surface area contributed by atoms with Crippen LogP contribution in [-0.4, -0.2) is 4.57 Å². The van der Waals surface area contributed by atoms with E-state index in [0.717, 1.165) is 44.7 Å². The number of hydrogen-bond acceptors (Lipinski definition) is 5. The first kappa shape index (κ1) is 24.9. The Bertz CT molecular complexity index is 2020. The molecule has 6 heteroatoms. The van der Waals surface area contributed by atoms with Crippen LogP contribution < -0.4 is 20.5 Å². The molecule has 0 bridgehead atoms. The number of benzene rings is 4. The van der Waals surface area contributed by atoms with E-state index < -0.39 is 5.92 Å². The summed E-state index contributed by atoms with van der Waals surface area (Å²) in [6, 6.07) is 40.4. The van der Waals surface area contributed by atoms with Crippen molar-refractivity contribution in [1.29, 1.82) is 10.5 Å². The molecule has 0 fully saturated rings. The number of nitrogens with two attached hydrogens (primary N) is 1. The number of thiazole rings is 1. The molecule has 5 aromatic rings. The summed E-state index contributed by atoms with van der Waals surface area (Å²) in [5.74, 6) is -0.615.